The lowest BCUT2D eigenvalue weighted by molar-refractivity contribution is -0.115. The van der Waals surface area contributed by atoms with Crippen LogP contribution in [0.4, 0.5) is 5.69 Å². The molecular weight excluding hydrogens is 432 g/mol. The molecule has 1 N–H and O–H groups in total. The van der Waals surface area contributed by atoms with Crippen LogP contribution in [0.2, 0.25) is 0 Å². The van der Waals surface area contributed by atoms with Crippen molar-refractivity contribution in [1.29, 1.82) is 5.26 Å². The molecule has 1 atom stereocenters. The summed E-state index contributed by atoms with van der Waals surface area (Å²) in [5.41, 5.74) is 3.69. The Morgan fingerprint density at radius 1 is 1.16 bits per heavy atom. The molecule has 1 aliphatic rings. The van der Waals surface area contributed by atoms with E-state index < -0.39 is 15.3 Å². The van der Waals surface area contributed by atoms with Crippen molar-refractivity contribution in [2.24, 2.45) is 0 Å². The molecule has 31 heavy (non-hydrogen) atoms. The van der Waals surface area contributed by atoms with Crippen molar-refractivity contribution in [3.8, 4) is 6.07 Å². The van der Waals surface area contributed by atoms with Crippen LogP contribution in [0.3, 0.4) is 0 Å². The molecule has 1 fully saturated rings. The third-order valence-corrected chi connectivity index (χ3v) is 8.56. The Kier molecular flexibility index (Phi) is 7.04. The van der Waals surface area contributed by atoms with Crippen LogP contribution in [-0.2, 0) is 14.8 Å². The number of amides is 1. The first-order chi connectivity index (χ1) is 14.6. The van der Waals surface area contributed by atoms with E-state index in [4.69, 9.17) is 0 Å². The van der Waals surface area contributed by atoms with Gasteiger partial charge in [0, 0.05) is 24.5 Å². The van der Waals surface area contributed by atoms with E-state index in [2.05, 4.69) is 16.4 Å². The van der Waals surface area contributed by atoms with E-state index in [1.165, 1.54) is 28.2 Å². The van der Waals surface area contributed by atoms with Crippen molar-refractivity contribution in [1.82, 2.24) is 9.29 Å². The second-order valence-corrected chi connectivity index (χ2v) is 10.9. The van der Waals surface area contributed by atoms with E-state index in [1.807, 2.05) is 20.8 Å². The number of carbonyl (C=O) groups is 1. The molecule has 1 aromatic heterocycles. The van der Waals surface area contributed by atoms with Crippen LogP contribution in [-0.4, -0.2) is 42.0 Å². The summed E-state index contributed by atoms with van der Waals surface area (Å²) < 4.78 is 26.7. The summed E-state index contributed by atoms with van der Waals surface area (Å²) in [7, 11) is -3.48. The lowest BCUT2D eigenvalue weighted by atomic mass is 10.1. The minimum atomic E-state index is -3.48. The molecule has 164 valence electrons. The fraction of sp³-hybridized carbons (Fsp3) is 0.409. The number of nitrogens with one attached hydrogen (secondary N) is 1. The molecule has 0 aliphatic carbocycles. The smallest absolute Gasteiger partial charge is 0.243 e. The highest BCUT2D eigenvalue weighted by atomic mass is 32.2. The largest absolute Gasteiger partial charge is 0.325 e. The van der Waals surface area contributed by atoms with Crippen LogP contribution in [0.1, 0.15) is 42.1 Å². The number of nitriles is 1. The number of aryl methyl sites for hydroxylation is 1. The Balaban J connectivity index is 1.70. The fourth-order valence-corrected chi connectivity index (χ4v) is 5.91. The second-order valence-electron chi connectivity index (χ2n) is 7.62. The van der Waals surface area contributed by atoms with Gasteiger partial charge >= 0.3 is 0 Å². The Morgan fingerprint density at radius 2 is 1.77 bits per heavy atom. The minimum Gasteiger partial charge on any atom is -0.325 e. The average molecular weight is 459 g/mol. The molecule has 1 saturated heterocycles. The van der Waals surface area contributed by atoms with E-state index in [-0.39, 0.29) is 10.8 Å². The minimum absolute atomic E-state index is 0.225. The number of anilines is 1. The molecule has 3 rings (SSSR count). The third-order valence-electron chi connectivity index (χ3n) is 5.56. The zero-order valence-corrected chi connectivity index (χ0v) is 19.7. The molecular formula is C22H26N4O3S2. The van der Waals surface area contributed by atoms with E-state index in [1.54, 1.807) is 19.1 Å². The average Bonchev–Trinajstić information content (AvgIpc) is 3.28. The molecule has 1 aliphatic heterocycles. The quantitative estimate of drug-likeness (QED) is 0.661. The number of hydrogen-bond donors (Lipinski definition) is 1. The number of rotatable bonds is 6. The molecule has 0 bridgehead atoms. The van der Waals surface area contributed by atoms with Gasteiger partial charge in [0.25, 0.3) is 0 Å². The number of benzene rings is 1. The standard InChI is InChI=1S/C22H26N4O3S2/c1-14-15(2)20(13-23)22(24-16(14)3)30-17(4)21(27)25-18-7-9-19(10-8-18)31(28,29)26-11-5-6-12-26/h7-10,17H,5-6,11-12H2,1-4H3,(H,25,27)/t17-/m1/s1. The molecule has 1 amide bonds. The van der Waals surface area contributed by atoms with Crippen LogP contribution in [0.5, 0.6) is 0 Å². The predicted octanol–water partition coefficient (Wildman–Crippen LogP) is 3.78. The van der Waals surface area contributed by atoms with Gasteiger partial charge in [-0.15, -0.1) is 0 Å². The Labute approximate surface area is 187 Å². The number of aromatic nitrogens is 1. The lowest BCUT2D eigenvalue weighted by Gasteiger charge is -2.17. The highest BCUT2D eigenvalue weighted by Crippen LogP contribution is 2.30. The lowest BCUT2D eigenvalue weighted by Crippen LogP contribution is -2.27. The zero-order valence-electron chi connectivity index (χ0n) is 18.1. The van der Waals surface area contributed by atoms with Gasteiger partial charge in [-0.2, -0.15) is 9.57 Å². The van der Waals surface area contributed by atoms with Gasteiger partial charge in [0.15, 0.2) is 0 Å². The van der Waals surface area contributed by atoms with Gasteiger partial charge in [0.1, 0.15) is 11.1 Å². The highest BCUT2D eigenvalue weighted by Gasteiger charge is 2.27. The number of pyridine rings is 1. The van der Waals surface area contributed by atoms with Gasteiger partial charge in [0.05, 0.1) is 15.7 Å². The summed E-state index contributed by atoms with van der Waals surface area (Å²) >= 11 is 1.24. The maximum atomic E-state index is 12.7. The Morgan fingerprint density at radius 3 is 2.35 bits per heavy atom. The summed E-state index contributed by atoms with van der Waals surface area (Å²) in [5.74, 6) is -0.248. The van der Waals surface area contributed by atoms with Crippen molar-refractivity contribution >= 4 is 33.4 Å². The van der Waals surface area contributed by atoms with Crippen molar-refractivity contribution in [3.63, 3.8) is 0 Å². The summed E-state index contributed by atoms with van der Waals surface area (Å²) in [6, 6.07) is 8.42. The second kappa shape index (κ2) is 9.39. The van der Waals surface area contributed by atoms with Crippen molar-refractivity contribution < 1.29 is 13.2 Å². The maximum Gasteiger partial charge on any atom is 0.243 e. The highest BCUT2D eigenvalue weighted by molar-refractivity contribution is 8.00. The maximum absolute atomic E-state index is 12.7. The molecule has 0 unspecified atom stereocenters. The zero-order chi connectivity index (χ0) is 22.8. The molecule has 0 spiro atoms. The predicted molar refractivity (Wildman–Crippen MR) is 122 cm³/mol. The van der Waals surface area contributed by atoms with Gasteiger partial charge in [-0.3, -0.25) is 4.79 Å². The number of thioether (sulfide) groups is 1. The van der Waals surface area contributed by atoms with Crippen molar-refractivity contribution in [2.75, 3.05) is 18.4 Å². The molecule has 2 aromatic rings. The molecule has 0 saturated carbocycles. The summed E-state index contributed by atoms with van der Waals surface area (Å²) in [4.78, 5) is 17.4. The molecule has 9 heteroatoms. The molecule has 7 nitrogen and oxygen atoms in total. The van der Waals surface area contributed by atoms with Crippen LogP contribution in [0.15, 0.2) is 34.2 Å². The van der Waals surface area contributed by atoms with Gasteiger partial charge in [-0.1, -0.05) is 11.8 Å². The number of nitrogens with zero attached hydrogens (tertiary/aromatic N) is 3. The number of hydrogen-bond acceptors (Lipinski definition) is 6. The Bertz CT molecular complexity index is 1130. The SMILES string of the molecule is Cc1nc(S[C@H](C)C(=O)Nc2ccc(S(=O)(=O)N3CCCC3)cc2)c(C#N)c(C)c1C. The molecule has 1 aromatic carbocycles. The molecule has 2 heterocycles. The van der Waals surface area contributed by atoms with Gasteiger partial charge < -0.3 is 5.32 Å². The van der Waals surface area contributed by atoms with E-state index in [9.17, 15) is 18.5 Å². The van der Waals surface area contributed by atoms with Crippen molar-refractivity contribution in [3.05, 3.63) is 46.6 Å². The van der Waals surface area contributed by atoms with Gasteiger partial charge in [0.2, 0.25) is 15.9 Å². The first kappa shape index (κ1) is 23.3. The van der Waals surface area contributed by atoms with E-state index >= 15 is 0 Å². The monoisotopic (exact) mass is 458 g/mol. The van der Waals surface area contributed by atoms with Gasteiger partial charge in [-0.05, 0) is 75.9 Å². The van der Waals surface area contributed by atoms with Crippen LogP contribution < -0.4 is 5.32 Å². The van der Waals surface area contributed by atoms with Crippen LogP contribution in [0.25, 0.3) is 0 Å². The summed E-state index contributed by atoms with van der Waals surface area (Å²) in [6.45, 7) is 8.54. The summed E-state index contributed by atoms with van der Waals surface area (Å²) in [6.07, 6.45) is 1.76. The van der Waals surface area contributed by atoms with Crippen molar-refractivity contribution in [2.45, 2.75) is 55.7 Å². The van der Waals surface area contributed by atoms with Crippen LogP contribution in [0, 0.1) is 32.1 Å². The number of carbonyl (C=O) groups excluding carboxylic acids is 1. The third kappa shape index (κ3) is 4.92. The number of sulfonamides is 1. The normalized spacial score (nSPS) is 15.5. The first-order valence-corrected chi connectivity index (χ1v) is 12.4. The van der Waals surface area contributed by atoms with Gasteiger partial charge in [-0.25, -0.2) is 13.4 Å². The van der Waals surface area contributed by atoms with E-state index in [0.29, 0.717) is 29.4 Å². The van der Waals surface area contributed by atoms with Crippen LogP contribution >= 0.6 is 11.8 Å². The van der Waals surface area contributed by atoms with E-state index in [0.717, 1.165) is 29.7 Å². The summed E-state index contributed by atoms with van der Waals surface area (Å²) in [5, 5.41) is 12.4. The first-order valence-electron chi connectivity index (χ1n) is 10.1. The molecule has 0 radical (unpaired) electrons. The topological polar surface area (TPSA) is 103 Å². The fourth-order valence-electron chi connectivity index (χ4n) is 3.38. The Hall–Kier alpha value is -2.41.